The highest BCUT2D eigenvalue weighted by Gasteiger charge is 2.35. The van der Waals surface area contributed by atoms with E-state index in [1.807, 2.05) is 0 Å². The number of furan rings is 1. The maximum absolute atomic E-state index is 12.7. The number of carbonyl (C=O) groups excluding carboxylic acids is 1. The topological polar surface area (TPSA) is 89.1 Å². The van der Waals surface area contributed by atoms with E-state index in [0.29, 0.717) is 17.2 Å². The van der Waals surface area contributed by atoms with Crippen molar-refractivity contribution in [2.45, 2.75) is 18.9 Å². The highest BCUT2D eigenvalue weighted by molar-refractivity contribution is 5.97. The molecule has 3 aromatic rings. The molecule has 3 aliphatic heterocycles. The Morgan fingerprint density at radius 3 is 2.92 bits per heavy atom. The molecule has 1 atom stereocenters. The minimum absolute atomic E-state index is 0.133. The molecule has 8 heteroatoms. The van der Waals surface area contributed by atoms with Crippen molar-refractivity contribution in [2.24, 2.45) is 5.92 Å². The van der Waals surface area contributed by atoms with E-state index in [4.69, 9.17) is 4.42 Å². The molecular weight excluding hydrogens is 320 g/mol. The van der Waals surface area contributed by atoms with E-state index in [1.165, 1.54) is 6.33 Å². The molecule has 2 bridgehead atoms. The maximum atomic E-state index is 12.7. The Bertz CT molecular complexity index is 911. The van der Waals surface area contributed by atoms with Crippen molar-refractivity contribution in [3.63, 3.8) is 0 Å². The summed E-state index contributed by atoms with van der Waals surface area (Å²) in [5, 5.41) is 8.08. The summed E-state index contributed by atoms with van der Waals surface area (Å²) in [6.45, 7) is 3.24. The number of amides is 1. The summed E-state index contributed by atoms with van der Waals surface area (Å²) < 4.78 is 7.12. The monoisotopic (exact) mass is 338 g/mol. The van der Waals surface area contributed by atoms with Crippen LogP contribution in [0.4, 0.5) is 0 Å². The van der Waals surface area contributed by atoms with Gasteiger partial charge in [0.05, 0.1) is 11.6 Å². The minimum Gasteiger partial charge on any atom is -0.460 e. The van der Waals surface area contributed by atoms with Crippen LogP contribution in [0.25, 0.3) is 16.7 Å². The van der Waals surface area contributed by atoms with Crippen molar-refractivity contribution in [1.29, 1.82) is 0 Å². The Morgan fingerprint density at radius 2 is 2.20 bits per heavy atom. The minimum atomic E-state index is -0.133. The fraction of sp³-hybridized carbons (Fsp3) is 0.412. The number of nitrogens with one attached hydrogen (secondary N) is 1. The zero-order valence-corrected chi connectivity index (χ0v) is 13.6. The van der Waals surface area contributed by atoms with Gasteiger partial charge in [0.1, 0.15) is 30.3 Å². The average molecular weight is 338 g/mol. The molecule has 8 nitrogen and oxygen atoms in total. The van der Waals surface area contributed by atoms with Gasteiger partial charge in [0.25, 0.3) is 5.91 Å². The lowest BCUT2D eigenvalue weighted by Gasteiger charge is -2.44. The van der Waals surface area contributed by atoms with Crippen LogP contribution in [-0.4, -0.2) is 56.2 Å². The number of rotatable bonds is 3. The third-order valence-electron chi connectivity index (χ3n) is 5.31. The standard InChI is InChI=1S/C17H18N6O2/c24-17(21-14-7-22-3-1-11(14)2-4-22)13-5-12-15(23-10-18-9-20-23)8-25-16(12)6-19-13/h5-6,8-11,14H,1-4,7H2,(H,21,24). The van der Waals surface area contributed by atoms with E-state index in [0.717, 1.165) is 43.5 Å². The fourth-order valence-electron chi connectivity index (χ4n) is 3.92. The molecule has 6 rings (SSSR count). The van der Waals surface area contributed by atoms with Gasteiger partial charge in [0.2, 0.25) is 0 Å². The smallest absolute Gasteiger partial charge is 0.270 e. The lowest BCUT2D eigenvalue weighted by Crippen LogP contribution is -2.57. The number of nitrogens with zero attached hydrogens (tertiary/aromatic N) is 5. The van der Waals surface area contributed by atoms with Gasteiger partial charge in [-0.25, -0.2) is 14.6 Å². The predicted molar refractivity (Wildman–Crippen MR) is 89.3 cm³/mol. The summed E-state index contributed by atoms with van der Waals surface area (Å²) in [5.74, 6) is 0.448. The van der Waals surface area contributed by atoms with E-state index in [1.54, 1.807) is 29.5 Å². The highest BCUT2D eigenvalue weighted by Crippen LogP contribution is 2.28. The molecule has 0 radical (unpaired) electrons. The summed E-state index contributed by atoms with van der Waals surface area (Å²) in [6, 6.07) is 1.97. The van der Waals surface area contributed by atoms with Gasteiger partial charge in [-0.15, -0.1) is 0 Å². The molecule has 3 aliphatic rings. The molecule has 3 fully saturated rings. The molecule has 1 amide bonds. The van der Waals surface area contributed by atoms with Crippen molar-refractivity contribution in [3.05, 3.63) is 36.9 Å². The largest absolute Gasteiger partial charge is 0.460 e. The number of hydrogen-bond donors (Lipinski definition) is 1. The zero-order chi connectivity index (χ0) is 16.8. The van der Waals surface area contributed by atoms with Crippen molar-refractivity contribution in [2.75, 3.05) is 19.6 Å². The quantitative estimate of drug-likeness (QED) is 0.773. The fourth-order valence-corrected chi connectivity index (χ4v) is 3.92. The second kappa shape index (κ2) is 5.66. The van der Waals surface area contributed by atoms with Gasteiger partial charge in [-0.05, 0) is 37.9 Å². The summed E-state index contributed by atoms with van der Waals surface area (Å²) >= 11 is 0. The number of pyridine rings is 1. The third-order valence-corrected chi connectivity index (χ3v) is 5.31. The van der Waals surface area contributed by atoms with E-state index >= 15 is 0 Å². The van der Waals surface area contributed by atoms with Gasteiger partial charge in [-0.1, -0.05) is 0 Å². The van der Waals surface area contributed by atoms with Crippen LogP contribution in [0.2, 0.25) is 0 Å². The molecule has 3 saturated heterocycles. The molecule has 0 aliphatic carbocycles. The molecule has 3 aromatic heterocycles. The predicted octanol–water partition coefficient (Wildman–Crippen LogP) is 1.23. The summed E-state index contributed by atoms with van der Waals surface area (Å²) in [4.78, 5) is 23.3. The van der Waals surface area contributed by atoms with Crippen LogP contribution in [0.3, 0.4) is 0 Å². The highest BCUT2D eigenvalue weighted by atomic mass is 16.3. The van der Waals surface area contributed by atoms with Crippen LogP contribution < -0.4 is 5.32 Å². The van der Waals surface area contributed by atoms with E-state index in [2.05, 4.69) is 25.3 Å². The van der Waals surface area contributed by atoms with Crippen LogP contribution in [-0.2, 0) is 0 Å². The third kappa shape index (κ3) is 2.49. The first-order chi connectivity index (χ1) is 12.3. The van der Waals surface area contributed by atoms with Gasteiger partial charge in [0, 0.05) is 12.6 Å². The van der Waals surface area contributed by atoms with Crippen molar-refractivity contribution >= 4 is 16.9 Å². The molecule has 0 saturated carbocycles. The van der Waals surface area contributed by atoms with Gasteiger partial charge < -0.3 is 14.6 Å². The average Bonchev–Trinajstić information content (AvgIpc) is 3.31. The first kappa shape index (κ1) is 14.6. The number of hydrogen-bond acceptors (Lipinski definition) is 6. The number of piperidine rings is 3. The number of fused-ring (bicyclic) bond motifs is 4. The van der Waals surface area contributed by atoms with Crippen LogP contribution in [0.15, 0.2) is 35.6 Å². The SMILES string of the molecule is O=C(NC1CN2CCC1CC2)c1cc2c(-n3cncn3)coc2cn1. The van der Waals surface area contributed by atoms with Crippen LogP contribution in [0.1, 0.15) is 23.3 Å². The number of aromatic nitrogens is 4. The van der Waals surface area contributed by atoms with Gasteiger partial charge in [-0.3, -0.25) is 4.79 Å². The normalized spacial score (nSPS) is 25.4. The Labute approximate surface area is 143 Å². The second-order valence-corrected chi connectivity index (χ2v) is 6.74. The van der Waals surface area contributed by atoms with E-state index in [-0.39, 0.29) is 11.9 Å². The Hall–Kier alpha value is -2.74. The van der Waals surface area contributed by atoms with Gasteiger partial charge in [0.15, 0.2) is 5.58 Å². The first-order valence-electron chi connectivity index (χ1n) is 8.53. The Balaban J connectivity index is 1.42. The van der Waals surface area contributed by atoms with Gasteiger partial charge in [-0.2, -0.15) is 5.10 Å². The molecule has 25 heavy (non-hydrogen) atoms. The molecule has 6 heterocycles. The molecule has 0 spiro atoms. The Kier molecular flexibility index (Phi) is 3.30. The van der Waals surface area contributed by atoms with Crippen molar-refractivity contribution in [1.82, 2.24) is 30.0 Å². The first-order valence-corrected chi connectivity index (χ1v) is 8.53. The van der Waals surface area contributed by atoms with Crippen molar-refractivity contribution in [3.8, 4) is 5.69 Å². The molecular formula is C17H18N6O2. The number of carbonyl (C=O) groups is 1. The van der Waals surface area contributed by atoms with Crippen LogP contribution in [0.5, 0.6) is 0 Å². The summed E-state index contributed by atoms with van der Waals surface area (Å²) in [5.41, 5.74) is 1.75. The molecule has 1 N–H and O–H groups in total. The van der Waals surface area contributed by atoms with E-state index in [9.17, 15) is 4.79 Å². The van der Waals surface area contributed by atoms with Crippen LogP contribution in [0, 0.1) is 5.92 Å². The zero-order valence-electron chi connectivity index (χ0n) is 13.6. The molecule has 1 unspecified atom stereocenters. The van der Waals surface area contributed by atoms with E-state index < -0.39 is 0 Å². The summed E-state index contributed by atoms with van der Waals surface area (Å²) in [6.07, 6.45) is 8.56. The van der Waals surface area contributed by atoms with Gasteiger partial charge >= 0.3 is 0 Å². The summed E-state index contributed by atoms with van der Waals surface area (Å²) in [7, 11) is 0. The van der Waals surface area contributed by atoms with Crippen molar-refractivity contribution < 1.29 is 9.21 Å². The lowest BCUT2D eigenvalue weighted by atomic mass is 9.84. The lowest BCUT2D eigenvalue weighted by molar-refractivity contribution is 0.0618. The maximum Gasteiger partial charge on any atom is 0.270 e. The molecule has 128 valence electrons. The van der Waals surface area contributed by atoms with Crippen LogP contribution >= 0.6 is 0 Å². The Morgan fingerprint density at radius 1 is 1.32 bits per heavy atom. The second-order valence-electron chi connectivity index (χ2n) is 6.74. The molecule has 0 aromatic carbocycles.